The number of aromatic nitrogens is 1. The average molecular weight is 247 g/mol. The van der Waals surface area contributed by atoms with E-state index < -0.39 is 0 Å². The average Bonchev–Trinajstić information content (AvgIpc) is 2.83. The van der Waals surface area contributed by atoms with E-state index in [4.69, 9.17) is 0 Å². The first-order valence-corrected chi connectivity index (χ1v) is 6.14. The van der Waals surface area contributed by atoms with Crippen LogP contribution in [0.2, 0.25) is 0 Å². The maximum Gasteiger partial charge on any atom is 0.319 e. The van der Waals surface area contributed by atoms with Gasteiger partial charge in [-0.1, -0.05) is 6.07 Å². The Kier molecular flexibility index (Phi) is 3.72. The second-order valence-corrected chi connectivity index (χ2v) is 4.56. The molecule has 0 bridgehead atoms. The van der Waals surface area contributed by atoms with Crippen molar-refractivity contribution in [2.45, 2.75) is 13.0 Å². The third kappa shape index (κ3) is 3.29. The van der Waals surface area contributed by atoms with Gasteiger partial charge in [0.25, 0.3) is 0 Å². The number of nitrogens with zero attached hydrogens (tertiary/aromatic N) is 1. The van der Waals surface area contributed by atoms with Crippen molar-refractivity contribution in [3.05, 3.63) is 46.9 Å². The largest absolute Gasteiger partial charge is 0.331 e. The highest BCUT2D eigenvalue weighted by Gasteiger charge is 2.09. The van der Waals surface area contributed by atoms with Crippen molar-refractivity contribution in [1.82, 2.24) is 10.3 Å². The highest BCUT2D eigenvalue weighted by molar-refractivity contribution is 7.10. The summed E-state index contributed by atoms with van der Waals surface area (Å²) in [7, 11) is 0. The van der Waals surface area contributed by atoms with Gasteiger partial charge in [-0.25, -0.2) is 4.79 Å². The lowest BCUT2D eigenvalue weighted by molar-refractivity contribution is 0.249. The molecule has 2 aromatic rings. The Labute approximate surface area is 104 Å². The standard InChI is InChI=1S/C12H13N3OS/c1-9(11-5-3-7-17-11)14-12(16)15-10-4-2-6-13-8-10/h2-9H,1H3,(H2,14,15,16)/t9-/m0/s1. The summed E-state index contributed by atoms with van der Waals surface area (Å²) in [6.45, 7) is 1.95. The van der Waals surface area contributed by atoms with E-state index in [1.807, 2.05) is 24.4 Å². The Morgan fingerprint density at radius 2 is 2.29 bits per heavy atom. The molecular formula is C12H13N3OS. The number of amides is 2. The van der Waals surface area contributed by atoms with Crippen LogP contribution in [0, 0.1) is 0 Å². The van der Waals surface area contributed by atoms with Crippen molar-refractivity contribution in [3.63, 3.8) is 0 Å². The molecule has 0 radical (unpaired) electrons. The Bertz CT molecular complexity index is 470. The number of anilines is 1. The maximum absolute atomic E-state index is 11.7. The fourth-order valence-corrected chi connectivity index (χ4v) is 2.14. The van der Waals surface area contributed by atoms with Crippen molar-refractivity contribution in [3.8, 4) is 0 Å². The van der Waals surface area contributed by atoms with Crippen molar-refractivity contribution in [2.24, 2.45) is 0 Å². The Balaban J connectivity index is 1.90. The molecule has 0 fully saturated rings. The minimum Gasteiger partial charge on any atom is -0.331 e. The van der Waals surface area contributed by atoms with E-state index in [0.717, 1.165) is 4.88 Å². The van der Waals surface area contributed by atoms with Crippen LogP contribution in [-0.2, 0) is 0 Å². The van der Waals surface area contributed by atoms with Gasteiger partial charge in [0.15, 0.2) is 0 Å². The molecule has 0 aliphatic carbocycles. The van der Waals surface area contributed by atoms with Gasteiger partial charge in [-0.05, 0) is 30.5 Å². The molecule has 0 aliphatic rings. The summed E-state index contributed by atoms with van der Waals surface area (Å²) >= 11 is 1.62. The molecule has 2 heterocycles. The number of pyridine rings is 1. The molecule has 88 valence electrons. The maximum atomic E-state index is 11.7. The predicted molar refractivity (Wildman–Crippen MR) is 69.1 cm³/mol. The van der Waals surface area contributed by atoms with E-state index in [2.05, 4.69) is 15.6 Å². The molecule has 0 spiro atoms. The van der Waals surface area contributed by atoms with Gasteiger partial charge in [0.05, 0.1) is 17.9 Å². The van der Waals surface area contributed by atoms with Crippen molar-refractivity contribution < 1.29 is 4.79 Å². The molecule has 0 unspecified atom stereocenters. The minimum atomic E-state index is -0.223. The number of hydrogen-bond donors (Lipinski definition) is 2. The summed E-state index contributed by atoms with van der Waals surface area (Å²) in [5.41, 5.74) is 0.684. The molecule has 4 nitrogen and oxygen atoms in total. The summed E-state index contributed by atoms with van der Waals surface area (Å²) in [6, 6.07) is 7.32. The molecule has 0 saturated heterocycles. The zero-order valence-corrected chi connectivity index (χ0v) is 10.2. The molecule has 0 aliphatic heterocycles. The normalized spacial score (nSPS) is 11.8. The van der Waals surface area contributed by atoms with Gasteiger partial charge in [0, 0.05) is 11.1 Å². The quantitative estimate of drug-likeness (QED) is 0.876. The molecule has 5 heteroatoms. The van der Waals surface area contributed by atoms with Crippen molar-refractivity contribution in [2.75, 3.05) is 5.32 Å². The van der Waals surface area contributed by atoms with E-state index in [1.165, 1.54) is 0 Å². The van der Waals surface area contributed by atoms with Crippen LogP contribution in [-0.4, -0.2) is 11.0 Å². The van der Waals surface area contributed by atoms with Gasteiger partial charge in [0.1, 0.15) is 0 Å². The van der Waals surface area contributed by atoms with Gasteiger partial charge in [-0.3, -0.25) is 4.98 Å². The molecule has 2 N–H and O–H groups in total. The van der Waals surface area contributed by atoms with Crippen LogP contribution < -0.4 is 10.6 Å². The Morgan fingerprint density at radius 3 is 2.94 bits per heavy atom. The van der Waals surface area contributed by atoms with E-state index in [-0.39, 0.29) is 12.1 Å². The lowest BCUT2D eigenvalue weighted by atomic mass is 10.3. The van der Waals surface area contributed by atoms with Crippen LogP contribution in [0.25, 0.3) is 0 Å². The Morgan fingerprint density at radius 1 is 1.41 bits per heavy atom. The van der Waals surface area contributed by atoms with E-state index in [0.29, 0.717) is 5.69 Å². The molecule has 0 aromatic carbocycles. The van der Waals surface area contributed by atoms with Gasteiger partial charge in [-0.15, -0.1) is 11.3 Å². The first-order valence-electron chi connectivity index (χ1n) is 5.26. The number of thiophene rings is 1. The van der Waals surface area contributed by atoms with Gasteiger partial charge in [-0.2, -0.15) is 0 Å². The zero-order valence-electron chi connectivity index (χ0n) is 9.38. The fourth-order valence-electron chi connectivity index (χ4n) is 1.41. The second-order valence-electron chi connectivity index (χ2n) is 3.58. The summed E-state index contributed by atoms with van der Waals surface area (Å²) in [4.78, 5) is 16.7. The predicted octanol–water partition coefficient (Wildman–Crippen LogP) is 3.03. The number of carbonyl (C=O) groups excluding carboxylic acids is 1. The van der Waals surface area contributed by atoms with Crippen LogP contribution in [0.5, 0.6) is 0 Å². The molecular weight excluding hydrogens is 234 g/mol. The van der Waals surface area contributed by atoms with Gasteiger partial charge in [0.2, 0.25) is 0 Å². The SMILES string of the molecule is C[C@H](NC(=O)Nc1cccnc1)c1cccs1. The van der Waals surface area contributed by atoms with Crippen LogP contribution in [0.15, 0.2) is 42.0 Å². The fraction of sp³-hybridized carbons (Fsp3) is 0.167. The van der Waals surface area contributed by atoms with Gasteiger partial charge >= 0.3 is 6.03 Å². The summed E-state index contributed by atoms with van der Waals surface area (Å²) < 4.78 is 0. The van der Waals surface area contributed by atoms with Crippen molar-refractivity contribution >= 4 is 23.1 Å². The molecule has 1 atom stereocenters. The summed E-state index contributed by atoms with van der Waals surface area (Å²) in [5.74, 6) is 0. The van der Waals surface area contributed by atoms with Crippen LogP contribution in [0.1, 0.15) is 17.8 Å². The molecule has 17 heavy (non-hydrogen) atoms. The van der Waals surface area contributed by atoms with Crippen LogP contribution in [0.4, 0.5) is 10.5 Å². The number of hydrogen-bond acceptors (Lipinski definition) is 3. The van der Waals surface area contributed by atoms with Gasteiger partial charge < -0.3 is 10.6 Å². The van der Waals surface area contributed by atoms with Crippen LogP contribution in [0.3, 0.4) is 0 Å². The van der Waals surface area contributed by atoms with E-state index >= 15 is 0 Å². The Hall–Kier alpha value is -1.88. The third-order valence-electron chi connectivity index (χ3n) is 2.24. The summed E-state index contributed by atoms with van der Waals surface area (Å²) in [5, 5.41) is 7.58. The topological polar surface area (TPSA) is 54.0 Å². The lowest BCUT2D eigenvalue weighted by Gasteiger charge is -2.12. The number of carbonyl (C=O) groups is 1. The second kappa shape index (κ2) is 5.45. The zero-order chi connectivity index (χ0) is 12.1. The smallest absolute Gasteiger partial charge is 0.319 e. The number of nitrogens with one attached hydrogen (secondary N) is 2. The first-order chi connectivity index (χ1) is 8.25. The third-order valence-corrected chi connectivity index (χ3v) is 3.29. The number of urea groups is 1. The van der Waals surface area contributed by atoms with Crippen LogP contribution >= 0.6 is 11.3 Å². The highest BCUT2D eigenvalue weighted by Crippen LogP contribution is 2.18. The van der Waals surface area contributed by atoms with E-state index in [9.17, 15) is 4.79 Å². The molecule has 2 rings (SSSR count). The van der Waals surface area contributed by atoms with Crippen molar-refractivity contribution in [1.29, 1.82) is 0 Å². The molecule has 0 saturated carbocycles. The molecule has 2 aromatic heterocycles. The lowest BCUT2D eigenvalue weighted by Crippen LogP contribution is -2.30. The minimum absolute atomic E-state index is 0.00618. The molecule has 2 amide bonds. The number of rotatable bonds is 3. The van der Waals surface area contributed by atoms with E-state index in [1.54, 1.807) is 35.9 Å². The first kappa shape index (κ1) is 11.6. The monoisotopic (exact) mass is 247 g/mol. The summed E-state index contributed by atoms with van der Waals surface area (Å²) in [6.07, 6.45) is 3.27. The highest BCUT2D eigenvalue weighted by atomic mass is 32.1.